The number of carbonyl (C=O) groups is 2. The van der Waals surface area contributed by atoms with Crippen molar-refractivity contribution in [3.8, 4) is 0 Å². The van der Waals surface area contributed by atoms with Crippen LogP contribution in [0.25, 0.3) is 0 Å². The first-order chi connectivity index (χ1) is 12.4. The molecule has 1 aromatic carbocycles. The number of rotatable bonds is 4. The molecule has 3 rings (SSSR count). The smallest absolute Gasteiger partial charge is 0.338 e. The number of esters is 1. The normalized spacial score (nSPS) is 20.2. The number of ether oxygens (including phenoxy) is 1. The van der Waals surface area contributed by atoms with Crippen LogP contribution in [0.3, 0.4) is 0 Å². The van der Waals surface area contributed by atoms with Crippen molar-refractivity contribution in [2.24, 2.45) is 10.9 Å². The Morgan fingerprint density at radius 3 is 2.92 bits per heavy atom. The van der Waals surface area contributed by atoms with E-state index in [0.29, 0.717) is 35.2 Å². The van der Waals surface area contributed by atoms with Gasteiger partial charge in [0.25, 0.3) is 0 Å². The Morgan fingerprint density at radius 1 is 1.46 bits per heavy atom. The third-order valence-corrected chi connectivity index (χ3v) is 5.59. The van der Waals surface area contributed by atoms with Crippen LogP contribution in [0.15, 0.2) is 45.0 Å². The van der Waals surface area contributed by atoms with Gasteiger partial charge in [-0.05, 0) is 30.5 Å². The van der Waals surface area contributed by atoms with Crippen LogP contribution in [0.4, 0.5) is 0 Å². The van der Waals surface area contributed by atoms with E-state index in [9.17, 15) is 9.59 Å². The Labute approximate surface area is 166 Å². The molecule has 0 aromatic heterocycles. The van der Waals surface area contributed by atoms with Gasteiger partial charge in [0.15, 0.2) is 5.17 Å². The molecule has 0 aliphatic carbocycles. The van der Waals surface area contributed by atoms with E-state index in [2.05, 4.69) is 20.9 Å². The van der Waals surface area contributed by atoms with Crippen molar-refractivity contribution in [1.29, 1.82) is 0 Å². The molecule has 1 aromatic rings. The van der Waals surface area contributed by atoms with E-state index in [1.807, 2.05) is 38.1 Å². The number of hydrogen-bond donors (Lipinski definition) is 0. The van der Waals surface area contributed by atoms with Crippen LogP contribution in [-0.2, 0) is 14.3 Å². The fourth-order valence-corrected chi connectivity index (χ4v) is 4.39. The molecule has 2 aliphatic rings. The van der Waals surface area contributed by atoms with Crippen molar-refractivity contribution in [3.05, 3.63) is 45.6 Å². The molecular weight excluding hydrogens is 416 g/mol. The van der Waals surface area contributed by atoms with Crippen molar-refractivity contribution in [2.45, 2.75) is 33.2 Å². The first-order valence-corrected chi connectivity index (χ1v) is 10.3. The van der Waals surface area contributed by atoms with Gasteiger partial charge in [-0.15, -0.1) is 0 Å². The first-order valence-electron chi connectivity index (χ1n) is 8.55. The summed E-state index contributed by atoms with van der Waals surface area (Å²) in [4.78, 5) is 31.7. The molecule has 0 bridgehead atoms. The van der Waals surface area contributed by atoms with Crippen molar-refractivity contribution < 1.29 is 14.3 Å². The largest absolute Gasteiger partial charge is 0.462 e. The molecule has 1 saturated heterocycles. The third kappa shape index (κ3) is 3.88. The van der Waals surface area contributed by atoms with Crippen molar-refractivity contribution in [3.63, 3.8) is 0 Å². The maximum atomic E-state index is 12.9. The number of halogens is 1. The average Bonchev–Trinajstić information content (AvgIpc) is 2.58. The van der Waals surface area contributed by atoms with Gasteiger partial charge >= 0.3 is 5.97 Å². The number of allylic oxidation sites excluding steroid dienone is 1. The number of thioether (sulfide) groups is 1. The number of amidine groups is 1. The molecule has 1 atom stereocenters. The Kier molecular flexibility index (Phi) is 5.87. The van der Waals surface area contributed by atoms with Gasteiger partial charge in [-0.3, -0.25) is 9.69 Å². The van der Waals surface area contributed by atoms with E-state index in [0.717, 1.165) is 10.0 Å². The Hall–Kier alpha value is -1.60. The number of carbonyl (C=O) groups excluding carboxylic acids is 2. The van der Waals surface area contributed by atoms with E-state index in [4.69, 9.17) is 4.74 Å². The van der Waals surface area contributed by atoms with E-state index in [-0.39, 0.29) is 11.8 Å². The van der Waals surface area contributed by atoms with E-state index >= 15 is 0 Å². The molecule has 26 heavy (non-hydrogen) atoms. The van der Waals surface area contributed by atoms with Crippen molar-refractivity contribution in [1.82, 2.24) is 4.90 Å². The summed E-state index contributed by atoms with van der Waals surface area (Å²) in [5.41, 5.74) is 1.90. The summed E-state index contributed by atoms with van der Waals surface area (Å²) in [6.45, 7) is 6.12. The first kappa shape index (κ1) is 19.2. The predicted molar refractivity (Wildman–Crippen MR) is 107 cm³/mol. The number of nitrogens with zero attached hydrogens (tertiary/aromatic N) is 2. The highest BCUT2D eigenvalue weighted by Gasteiger charge is 2.41. The van der Waals surface area contributed by atoms with E-state index in [1.54, 1.807) is 23.6 Å². The number of fused-ring (bicyclic) bond motifs is 1. The van der Waals surface area contributed by atoms with Crippen LogP contribution in [0.5, 0.6) is 0 Å². The molecule has 0 spiro atoms. The lowest BCUT2D eigenvalue weighted by Gasteiger charge is -2.39. The molecule has 0 saturated carbocycles. The third-order valence-electron chi connectivity index (χ3n) is 4.14. The second-order valence-corrected chi connectivity index (χ2v) is 8.68. The van der Waals surface area contributed by atoms with Crippen LogP contribution in [0, 0.1) is 5.92 Å². The lowest BCUT2D eigenvalue weighted by molar-refractivity contribution is -0.141. The maximum absolute atomic E-state index is 12.9. The summed E-state index contributed by atoms with van der Waals surface area (Å²) in [6, 6.07) is 7.16. The van der Waals surface area contributed by atoms with Gasteiger partial charge in [-0.1, -0.05) is 53.7 Å². The average molecular weight is 437 g/mol. The summed E-state index contributed by atoms with van der Waals surface area (Å²) >= 11 is 5.03. The standard InChI is InChI=1S/C19H21BrN2O3S/c1-11(2)10-25-18(24)16-12(3)21-19-22(15(23)7-8-26-19)17(16)13-5-4-6-14(20)9-13/h4-6,9,11,17H,7-8,10H2,1-3H3. The number of aliphatic imine (C=N–C) groups is 1. The number of hydrogen-bond acceptors (Lipinski definition) is 5. The Balaban J connectivity index is 2.08. The highest BCUT2D eigenvalue weighted by atomic mass is 79.9. The molecule has 2 heterocycles. The van der Waals surface area contributed by atoms with Crippen LogP contribution in [0.1, 0.15) is 38.8 Å². The van der Waals surface area contributed by atoms with Crippen LogP contribution in [-0.4, -0.2) is 34.3 Å². The van der Waals surface area contributed by atoms with Gasteiger partial charge in [0.05, 0.1) is 23.9 Å². The summed E-state index contributed by atoms with van der Waals surface area (Å²) in [7, 11) is 0. The highest BCUT2D eigenvalue weighted by molar-refractivity contribution is 9.10. The van der Waals surface area contributed by atoms with Gasteiger partial charge in [0.2, 0.25) is 5.91 Å². The summed E-state index contributed by atoms with van der Waals surface area (Å²) in [5, 5.41) is 0.657. The fraction of sp³-hybridized carbons (Fsp3) is 0.421. The lowest BCUT2D eigenvalue weighted by atomic mass is 9.94. The zero-order chi connectivity index (χ0) is 18.8. The molecule has 2 aliphatic heterocycles. The fourth-order valence-electron chi connectivity index (χ4n) is 2.97. The second kappa shape index (κ2) is 7.96. The zero-order valence-electron chi connectivity index (χ0n) is 15.0. The lowest BCUT2D eigenvalue weighted by Crippen LogP contribution is -2.45. The summed E-state index contributed by atoms with van der Waals surface area (Å²) < 4.78 is 6.38. The molecule has 5 nitrogen and oxygen atoms in total. The van der Waals surface area contributed by atoms with Crippen molar-refractivity contribution in [2.75, 3.05) is 12.4 Å². The molecule has 1 amide bonds. The molecule has 138 valence electrons. The molecular formula is C19H21BrN2O3S. The Morgan fingerprint density at radius 2 is 2.23 bits per heavy atom. The van der Waals surface area contributed by atoms with Crippen LogP contribution < -0.4 is 0 Å². The van der Waals surface area contributed by atoms with Gasteiger partial charge in [-0.25, -0.2) is 9.79 Å². The minimum Gasteiger partial charge on any atom is -0.462 e. The molecule has 1 unspecified atom stereocenters. The second-order valence-electron chi connectivity index (χ2n) is 6.71. The van der Waals surface area contributed by atoms with Crippen LogP contribution >= 0.6 is 27.7 Å². The van der Waals surface area contributed by atoms with Gasteiger partial charge in [0, 0.05) is 16.6 Å². The number of benzene rings is 1. The zero-order valence-corrected chi connectivity index (χ0v) is 17.4. The predicted octanol–water partition coefficient (Wildman–Crippen LogP) is 4.30. The quantitative estimate of drug-likeness (QED) is 0.660. The summed E-state index contributed by atoms with van der Waals surface area (Å²) in [6.07, 6.45) is 0.432. The van der Waals surface area contributed by atoms with Gasteiger partial charge in [0.1, 0.15) is 0 Å². The topological polar surface area (TPSA) is 59.0 Å². The van der Waals surface area contributed by atoms with E-state index in [1.165, 1.54) is 0 Å². The maximum Gasteiger partial charge on any atom is 0.338 e. The van der Waals surface area contributed by atoms with E-state index < -0.39 is 12.0 Å². The summed E-state index contributed by atoms with van der Waals surface area (Å²) in [5.74, 6) is 0.514. The molecule has 0 N–H and O–H groups in total. The minimum absolute atomic E-state index is 0.0193. The molecule has 1 fully saturated rings. The molecule has 7 heteroatoms. The molecule has 0 radical (unpaired) electrons. The Bertz CT molecular complexity index is 804. The number of amides is 1. The van der Waals surface area contributed by atoms with Crippen molar-refractivity contribution >= 4 is 44.7 Å². The van der Waals surface area contributed by atoms with Gasteiger partial charge < -0.3 is 4.74 Å². The SMILES string of the molecule is CC1=C(C(=O)OCC(C)C)C(c2cccc(Br)c2)N2C(=O)CCSC2=N1. The monoisotopic (exact) mass is 436 g/mol. The van der Waals surface area contributed by atoms with Gasteiger partial charge in [-0.2, -0.15) is 0 Å². The van der Waals surface area contributed by atoms with Crippen LogP contribution in [0.2, 0.25) is 0 Å². The minimum atomic E-state index is -0.514. The highest BCUT2D eigenvalue weighted by Crippen LogP contribution is 2.40.